The van der Waals surface area contributed by atoms with E-state index in [-0.39, 0.29) is 5.11 Å². The molecular formula is C17H15ClF3N3S. The van der Waals surface area contributed by atoms with E-state index in [1.54, 1.807) is 31.2 Å². The minimum Gasteiger partial charge on any atom is -0.331 e. The van der Waals surface area contributed by atoms with Crippen molar-refractivity contribution in [2.45, 2.75) is 20.0 Å². The van der Waals surface area contributed by atoms with Crippen molar-refractivity contribution in [1.29, 1.82) is 0 Å². The average molecular weight is 386 g/mol. The fourth-order valence-corrected chi connectivity index (χ4v) is 2.34. The Morgan fingerprint density at radius 3 is 2.52 bits per heavy atom. The van der Waals surface area contributed by atoms with E-state index in [2.05, 4.69) is 15.8 Å². The summed E-state index contributed by atoms with van der Waals surface area (Å²) in [6, 6.07) is 10.3. The number of thiocarbonyl (C=S) groups is 1. The SMILES string of the molecule is CC(=NNC(=S)Nc1cccc(Cl)c1C)c1cccc(C(F)(F)F)c1. The zero-order valence-corrected chi connectivity index (χ0v) is 15.0. The van der Waals surface area contributed by atoms with Gasteiger partial charge in [-0.15, -0.1) is 0 Å². The molecule has 0 aromatic heterocycles. The number of hydrazone groups is 1. The molecule has 8 heteroatoms. The number of halogens is 4. The highest BCUT2D eigenvalue weighted by molar-refractivity contribution is 7.80. The largest absolute Gasteiger partial charge is 0.416 e. The van der Waals surface area contributed by atoms with Crippen LogP contribution in [0.25, 0.3) is 0 Å². The Balaban J connectivity index is 2.08. The van der Waals surface area contributed by atoms with Crippen molar-refractivity contribution in [3.63, 3.8) is 0 Å². The van der Waals surface area contributed by atoms with Gasteiger partial charge < -0.3 is 5.32 Å². The molecule has 3 nitrogen and oxygen atoms in total. The maximum atomic E-state index is 12.8. The average Bonchev–Trinajstić information content (AvgIpc) is 2.56. The van der Waals surface area contributed by atoms with Crippen LogP contribution in [0.2, 0.25) is 5.02 Å². The van der Waals surface area contributed by atoms with E-state index in [4.69, 9.17) is 23.8 Å². The topological polar surface area (TPSA) is 36.4 Å². The van der Waals surface area contributed by atoms with Gasteiger partial charge in [0, 0.05) is 10.7 Å². The van der Waals surface area contributed by atoms with Crippen LogP contribution in [0.15, 0.2) is 47.6 Å². The quantitative estimate of drug-likeness (QED) is 0.423. The van der Waals surface area contributed by atoms with E-state index in [0.29, 0.717) is 16.3 Å². The van der Waals surface area contributed by atoms with Gasteiger partial charge in [-0.05, 0) is 61.5 Å². The number of hydrogen-bond donors (Lipinski definition) is 2. The fraction of sp³-hybridized carbons (Fsp3) is 0.176. The highest BCUT2D eigenvalue weighted by Gasteiger charge is 2.30. The molecule has 0 saturated carbocycles. The van der Waals surface area contributed by atoms with Crippen LogP contribution in [0.1, 0.15) is 23.6 Å². The lowest BCUT2D eigenvalue weighted by atomic mass is 10.1. The molecule has 0 aliphatic heterocycles. The van der Waals surface area contributed by atoms with E-state index in [1.807, 2.05) is 6.92 Å². The number of benzene rings is 2. The maximum absolute atomic E-state index is 12.8. The van der Waals surface area contributed by atoms with Crippen molar-refractivity contribution in [1.82, 2.24) is 5.43 Å². The van der Waals surface area contributed by atoms with E-state index in [0.717, 1.165) is 23.4 Å². The summed E-state index contributed by atoms with van der Waals surface area (Å²) in [5.74, 6) is 0. The molecule has 0 aliphatic rings. The molecular weight excluding hydrogens is 371 g/mol. The molecule has 0 aliphatic carbocycles. The molecule has 0 bridgehead atoms. The molecule has 132 valence electrons. The van der Waals surface area contributed by atoms with Crippen LogP contribution in [-0.2, 0) is 6.18 Å². The minimum atomic E-state index is -4.40. The Labute approximate surface area is 153 Å². The predicted octanol–water partition coefficient (Wildman–Crippen LogP) is 5.38. The van der Waals surface area contributed by atoms with Gasteiger partial charge in [0.05, 0.1) is 11.3 Å². The molecule has 25 heavy (non-hydrogen) atoms. The summed E-state index contributed by atoms with van der Waals surface area (Å²) in [4.78, 5) is 0. The van der Waals surface area contributed by atoms with Crippen molar-refractivity contribution in [3.05, 3.63) is 64.2 Å². The Morgan fingerprint density at radius 2 is 1.84 bits per heavy atom. The van der Waals surface area contributed by atoms with E-state index >= 15 is 0 Å². The normalized spacial score (nSPS) is 12.0. The first-order valence-corrected chi connectivity index (χ1v) is 8.01. The number of alkyl halides is 3. The van der Waals surface area contributed by atoms with Crippen LogP contribution >= 0.6 is 23.8 Å². The van der Waals surface area contributed by atoms with Gasteiger partial charge in [0.1, 0.15) is 0 Å². The van der Waals surface area contributed by atoms with Gasteiger partial charge in [-0.1, -0.05) is 29.8 Å². The second-order valence-electron chi connectivity index (χ2n) is 5.25. The molecule has 2 N–H and O–H groups in total. The molecule has 0 fully saturated rings. The minimum absolute atomic E-state index is 0.205. The summed E-state index contributed by atoms with van der Waals surface area (Å²) in [6.07, 6.45) is -4.40. The van der Waals surface area contributed by atoms with Gasteiger partial charge in [-0.25, -0.2) is 0 Å². The van der Waals surface area contributed by atoms with Crippen LogP contribution in [0, 0.1) is 6.92 Å². The monoisotopic (exact) mass is 385 g/mol. The first-order valence-electron chi connectivity index (χ1n) is 7.22. The lowest BCUT2D eigenvalue weighted by Gasteiger charge is -2.12. The Hall–Kier alpha value is -2.12. The standard InChI is InChI=1S/C17H15ClF3N3S/c1-10-14(18)7-4-8-15(10)22-16(25)24-23-11(2)12-5-3-6-13(9-12)17(19,20)21/h3-9H,1-2H3,(H2,22,24,25). The lowest BCUT2D eigenvalue weighted by Crippen LogP contribution is -2.25. The zero-order chi connectivity index (χ0) is 18.6. The van der Waals surface area contributed by atoms with E-state index < -0.39 is 11.7 Å². The summed E-state index contributed by atoms with van der Waals surface area (Å²) in [6.45, 7) is 3.43. The van der Waals surface area contributed by atoms with Gasteiger partial charge in [0.15, 0.2) is 5.11 Å². The summed E-state index contributed by atoms with van der Waals surface area (Å²) in [5, 5.41) is 7.77. The van der Waals surface area contributed by atoms with Crippen LogP contribution in [-0.4, -0.2) is 10.8 Å². The van der Waals surface area contributed by atoms with Crippen LogP contribution in [0.5, 0.6) is 0 Å². The van der Waals surface area contributed by atoms with Crippen LogP contribution < -0.4 is 10.7 Å². The van der Waals surface area contributed by atoms with Crippen molar-refractivity contribution in [3.8, 4) is 0 Å². The molecule has 0 saturated heterocycles. The summed E-state index contributed by atoms with van der Waals surface area (Å²) >= 11 is 11.2. The first-order chi connectivity index (χ1) is 11.7. The maximum Gasteiger partial charge on any atom is 0.416 e. The van der Waals surface area contributed by atoms with Gasteiger partial charge in [-0.2, -0.15) is 18.3 Å². The second-order valence-corrected chi connectivity index (χ2v) is 6.07. The van der Waals surface area contributed by atoms with Crippen LogP contribution in [0.3, 0.4) is 0 Å². The summed E-state index contributed by atoms with van der Waals surface area (Å²) in [7, 11) is 0. The number of anilines is 1. The van der Waals surface area contributed by atoms with Gasteiger partial charge in [0.25, 0.3) is 0 Å². The third-order valence-corrected chi connectivity index (χ3v) is 4.05. The number of hydrogen-bond acceptors (Lipinski definition) is 2. The highest BCUT2D eigenvalue weighted by Crippen LogP contribution is 2.29. The smallest absolute Gasteiger partial charge is 0.331 e. The van der Waals surface area contributed by atoms with Crippen molar-refractivity contribution >= 4 is 40.3 Å². The predicted molar refractivity (Wildman–Crippen MR) is 99.2 cm³/mol. The fourth-order valence-electron chi connectivity index (χ4n) is 2.01. The second kappa shape index (κ2) is 7.84. The summed E-state index contributed by atoms with van der Waals surface area (Å²) < 4.78 is 38.3. The Kier molecular flexibility index (Phi) is 6.02. The van der Waals surface area contributed by atoms with Crippen molar-refractivity contribution in [2.24, 2.45) is 5.10 Å². The Morgan fingerprint density at radius 1 is 1.16 bits per heavy atom. The molecule has 2 rings (SSSR count). The molecule has 0 heterocycles. The highest BCUT2D eigenvalue weighted by atomic mass is 35.5. The molecule has 2 aromatic carbocycles. The number of nitrogens with one attached hydrogen (secondary N) is 2. The van der Waals surface area contributed by atoms with E-state index in [1.165, 1.54) is 6.07 Å². The number of rotatable bonds is 3. The molecule has 0 atom stereocenters. The molecule has 0 spiro atoms. The molecule has 0 unspecified atom stereocenters. The summed E-state index contributed by atoms with van der Waals surface area (Å²) in [5.41, 5.74) is 4.16. The molecule has 0 amide bonds. The third-order valence-electron chi connectivity index (χ3n) is 3.45. The van der Waals surface area contributed by atoms with Crippen molar-refractivity contribution in [2.75, 3.05) is 5.32 Å². The third kappa shape index (κ3) is 5.17. The molecule has 0 radical (unpaired) electrons. The van der Waals surface area contributed by atoms with Crippen molar-refractivity contribution < 1.29 is 13.2 Å². The van der Waals surface area contributed by atoms with E-state index in [9.17, 15) is 13.2 Å². The van der Waals surface area contributed by atoms with Crippen LogP contribution in [0.4, 0.5) is 18.9 Å². The lowest BCUT2D eigenvalue weighted by molar-refractivity contribution is -0.137. The number of nitrogens with zero attached hydrogens (tertiary/aromatic N) is 1. The van der Waals surface area contributed by atoms with Gasteiger partial charge in [0.2, 0.25) is 0 Å². The van der Waals surface area contributed by atoms with Gasteiger partial charge >= 0.3 is 6.18 Å². The Bertz CT molecular complexity index is 819. The van der Waals surface area contributed by atoms with Gasteiger partial charge in [-0.3, -0.25) is 5.43 Å². The first kappa shape index (κ1) is 19.2. The zero-order valence-electron chi connectivity index (χ0n) is 13.4. The molecule has 2 aromatic rings.